The van der Waals surface area contributed by atoms with Gasteiger partial charge in [-0.3, -0.25) is 9.59 Å². The Labute approximate surface area is 138 Å². The zero-order chi connectivity index (χ0) is 16.2. The van der Waals surface area contributed by atoms with Gasteiger partial charge in [0.1, 0.15) is 0 Å². The minimum atomic E-state index is -1.03. The molecule has 0 saturated carbocycles. The fraction of sp³-hybridized carbons (Fsp3) is 0.429. The molecule has 4 nitrogen and oxygen atoms in total. The molecule has 0 spiro atoms. The van der Waals surface area contributed by atoms with Crippen LogP contribution in [-0.2, 0) is 4.79 Å². The summed E-state index contributed by atoms with van der Waals surface area (Å²) < 4.78 is 5.02. The Hall–Kier alpha value is -0.970. The van der Waals surface area contributed by atoms with E-state index < -0.39 is 11.4 Å². The molecule has 0 saturated heterocycles. The average molecular weight is 353 g/mol. The summed E-state index contributed by atoms with van der Waals surface area (Å²) in [5.74, 6) is -0.589. The van der Waals surface area contributed by atoms with Crippen molar-refractivity contribution in [1.29, 1.82) is 0 Å². The molecule has 1 unspecified atom stereocenters. The average Bonchev–Trinajstić information content (AvgIpc) is 2.45. The van der Waals surface area contributed by atoms with E-state index >= 15 is 0 Å². The topological polar surface area (TPSA) is 55.4 Å². The van der Waals surface area contributed by atoms with Crippen LogP contribution >= 0.6 is 34.8 Å². The molecular formula is C14H16Cl3NO3. The minimum absolute atomic E-state index is 0.172. The number of rotatable bonds is 6. The Balaban J connectivity index is 3.07. The van der Waals surface area contributed by atoms with Crippen molar-refractivity contribution in [2.24, 2.45) is 0 Å². The molecule has 0 aliphatic carbocycles. The number of Topliss-reactive ketones (excluding diaryl/α,β-unsaturated/α-hetero) is 1. The molecule has 0 aromatic heterocycles. The standard InChI is InChI=1S/C14H16Cl3NO3/c1-4-14(2,11(19)7-15)18-13(20)8-5-9(16)12(21-3)10(17)6-8/h5-6H,4,7H2,1-3H3,(H,18,20). The molecular weight excluding hydrogens is 337 g/mol. The summed E-state index contributed by atoms with van der Waals surface area (Å²) >= 11 is 17.6. The lowest BCUT2D eigenvalue weighted by Gasteiger charge is -2.27. The third-order valence-corrected chi connectivity index (χ3v) is 4.10. The van der Waals surface area contributed by atoms with Crippen molar-refractivity contribution in [3.63, 3.8) is 0 Å². The van der Waals surface area contributed by atoms with Gasteiger partial charge in [-0.15, -0.1) is 11.6 Å². The number of alkyl halides is 1. The molecule has 1 amide bonds. The summed E-state index contributed by atoms with van der Waals surface area (Å²) in [5, 5.41) is 3.11. The number of benzene rings is 1. The lowest BCUT2D eigenvalue weighted by Crippen LogP contribution is -2.52. The second kappa shape index (κ2) is 7.34. The van der Waals surface area contributed by atoms with Crippen LogP contribution in [0.25, 0.3) is 0 Å². The number of nitrogens with one attached hydrogen (secondary N) is 1. The molecule has 1 atom stereocenters. The molecule has 0 heterocycles. The first-order valence-corrected chi connectivity index (χ1v) is 7.53. The molecule has 1 aromatic rings. The van der Waals surface area contributed by atoms with E-state index in [0.29, 0.717) is 12.2 Å². The van der Waals surface area contributed by atoms with Crippen molar-refractivity contribution < 1.29 is 14.3 Å². The van der Waals surface area contributed by atoms with Gasteiger partial charge in [0.05, 0.1) is 28.6 Å². The maximum atomic E-state index is 12.3. The highest BCUT2D eigenvalue weighted by Gasteiger charge is 2.32. The molecule has 1 N–H and O–H groups in total. The third kappa shape index (κ3) is 4.02. The summed E-state index contributed by atoms with van der Waals surface area (Å²) in [5.41, 5.74) is -0.787. The summed E-state index contributed by atoms with van der Waals surface area (Å²) in [7, 11) is 1.43. The van der Waals surface area contributed by atoms with Crippen LogP contribution in [0.4, 0.5) is 0 Å². The summed E-state index contributed by atoms with van der Waals surface area (Å²) in [6.07, 6.45) is 0.419. The quantitative estimate of drug-likeness (QED) is 0.794. The smallest absolute Gasteiger partial charge is 0.252 e. The zero-order valence-electron chi connectivity index (χ0n) is 11.9. The molecule has 0 fully saturated rings. The summed E-state index contributed by atoms with van der Waals surface area (Å²) in [6.45, 7) is 3.42. The van der Waals surface area contributed by atoms with Crippen molar-refractivity contribution in [3.05, 3.63) is 27.7 Å². The maximum absolute atomic E-state index is 12.3. The fourth-order valence-corrected chi connectivity index (χ4v) is 2.65. The van der Waals surface area contributed by atoms with Gasteiger partial charge in [0, 0.05) is 5.56 Å². The van der Waals surface area contributed by atoms with Crippen molar-refractivity contribution >= 4 is 46.5 Å². The first kappa shape index (κ1) is 18.1. The molecule has 1 aromatic carbocycles. The zero-order valence-corrected chi connectivity index (χ0v) is 14.2. The van der Waals surface area contributed by atoms with Crippen LogP contribution in [0.15, 0.2) is 12.1 Å². The number of hydrogen-bond acceptors (Lipinski definition) is 3. The van der Waals surface area contributed by atoms with Gasteiger partial charge in [0.15, 0.2) is 11.5 Å². The van der Waals surface area contributed by atoms with Crippen LogP contribution in [-0.4, -0.2) is 30.2 Å². The number of amides is 1. The molecule has 7 heteroatoms. The first-order chi connectivity index (χ1) is 9.78. The van der Waals surface area contributed by atoms with Crippen LogP contribution < -0.4 is 10.1 Å². The largest absolute Gasteiger partial charge is 0.494 e. The van der Waals surface area contributed by atoms with Crippen LogP contribution in [0.2, 0.25) is 10.0 Å². The van der Waals surface area contributed by atoms with Crippen molar-refractivity contribution in [3.8, 4) is 5.75 Å². The highest BCUT2D eigenvalue weighted by Crippen LogP contribution is 2.33. The van der Waals surface area contributed by atoms with Gasteiger partial charge in [0.25, 0.3) is 5.91 Å². The summed E-state index contributed by atoms with van der Waals surface area (Å²) in [4.78, 5) is 24.1. The molecule has 116 valence electrons. The number of carbonyl (C=O) groups is 2. The number of ether oxygens (including phenoxy) is 1. The number of hydrogen-bond donors (Lipinski definition) is 1. The van der Waals surface area contributed by atoms with Crippen LogP contribution in [0, 0.1) is 0 Å². The van der Waals surface area contributed by atoms with Gasteiger partial charge in [-0.05, 0) is 25.5 Å². The van der Waals surface area contributed by atoms with Crippen molar-refractivity contribution in [2.45, 2.75) is 25.8 Å². The number of carbonyl (C=O) groups excluding carboxylic acids is 2. The predicted octanol–water partition coefficient (Wildman–Crippen LogP) is 3.71. The minimum Gasteiger partial charge on any atom is -0.494 e. The Morgan fingerprint density at radius 1 is 1.29 bits per heavy atom. The highest BCUT2D eigenvalue weighted by atomic mass is 35.5. The lowest BCUT2D eigenvalue weighted by atomic mass is 9.93. The van der Waals surface area contributed by atoms with Gasteiger partial charge in [-0.1, -0.05) is 30.1 Å². The van der Waals surface area contributed by atoms with Crippen LogP contribution in [0.5, 0.6) is 5.75 Å². The number of ketones is 1. The molecule has 21 heavy (non-hydrogen) atoms. The molecule has 0 aliphatic heterocycles. The van der Waals surface area contributed by atoms with E-state index in [1.165, 1.54) is 19.2 Å². The second-order valence-corrected chi connectivity index (χ2v) is 5.75. The Kier molecular flexibility index (Phi) is 6.32. The van der Waals surface area contributed by atoms with Crippen LogP contribution in [0.3, 0.4) is 0 Å². The summed E-state index contributed by atoms with van der Waals surface area (Å²) in [6, 6.07) is 2.87. The van der Waals surface area contributed by atoms with E-state index in [2.05, 4.69) is 5.32 Å². The van der Waals surface area contributed by atoms with E-state index in [-0.39, 0.29) is 27.3 Å². The molecule has 0 bridgehead atoms. The van der Waals surface area contributed by atoms with E-state index in [1.807, 2.05) is 0 Å². The number of methoxy groups -OCH3 is 1. The van der Waals surface area contributed by atoms with Crippen LogP contribution in [0.1, 0.15) is 30.6 Å². The van der Waals surface area contributed by atoms with E-state index in [0.717, 1.165) is 0 Å². The Morgan fingerprint density at radius 2 is 1.81 bits per heavy atom. The van der Waals surface area contributed by atoms with E-state index in [9.17, 15) is 9.59 Å². The van der Waals surface area contributed by atoms with Gasteiger partial charge >= 0.3 is 0 Å². The first-order valence-electron chi connectivity index (χ1n) is 6.23. The van der Waals surface area contributed by atoms with Crippen molar-refractivity contribution in [1.82, 2.24) is 5.32 Å². The Morgan fingerprint density at radius 3 is 2.19 bits per heavy atom. The SMILES string of the molecule is CCC(C)(NC(=O)c1cc(Cl)c(OC)c(Cl)c1)C(=O)CCl. The van der Waals surface area contributed by atoms with E-state index in [1.54, 1.807) is 13.8 Å². The van der Waals surface area contributed by atoms with Gasteiger partial charge in [-0.2, -0.15) is 0 Å². The van der Waals surface area contributed by atoms with Gasteiger partial charge < -0.3 is 10.1 Å². The van der Waals surface area contributed by atoms with Crippen molar-refractivity contribution in [2.75, 3.05) is 13.0 Å². The second-order valence-electron chi connectivity index (χ2n) is 4.67. The highest BCUT2D eigenvalue weighted by molar-refractivity contribution is 6.37. The molecule has 1 rings (SSSR count). The normalized spacial score (nSPS) is 13.4. The molecule has 0 radical (unpaired) electrons. The van der Waals surface area contributed by atoms with Gasteiger partial charge in [0.2, 0.25) is 0 Å². The Bertz CT molecular complexity index is 539. The maximum Gasteiger partial charge on any atom is 0.252 e. The predicted molar refractivity (Wildman–Crippen MR) is 84.9 cm³/mol. The molecule has 0 aliphatic rings. The fourth-order valence-electron chi connectivity index (χ4n) is 1.71. The monoisotopic (exact) mass is 351 g/mol. The number of halogens is 3. The van der Waals surface area contributed by atoms with E-state index in [4.69, 9.17) is 39.5 Å². The van der Waals surface area contributed by atoms with Gasteiger partial charge in [-0.25, -0.2) is 0 Å². The third-order valence-electron chi connectivity index (χ3n) is 3.30. The lowest BCUT2D eigenvalue weighted by molar-refractivity contribution is -0.122.